The molecule has 0 aromatic rings. The first kappa shape index (κ1) is 14.4. The fraction of sp³-hybridized carbons (Fsp3) is 0.917. The average Bonchev–Trinajstić information content (AvgIpc) is 2.11. The fourth-order valence-electron chi connectivity index (χ4n) is 1.84. The molecule has 0 saturated carbocycles. The number of unbranched alkanes of at least 4 members (excludes halogenated alkanes) is 2. The van der Waals surface area contributed by atoms with Gasteiger partial charge in [-0.3, -0.25) is 9.69 Å². The van der Waals surface area contributed by atoms with Gasteiger partial charge in [-0.2, -0.15) is 0 Å². The quantitative estimate of drug-likeness (QED) is 0.664. The summed E-state index contributed by atoms with van der Waals surface area (Å²) in [5, 5.41) is 9.18. The summed E-state index contributed by atoms with van der Waals surface area (Å²) in [6.07, 6.45) is 3.41. The van der Waals surface area contributed by atoms with Crippen molar-refractivity contribution >= 4 is 5.97 Å². The molecule has 0 atom stereocenters. The van der Waals surface area contributed by atoms with Crippen molar-refractivity contribution in [2.75, 3.05) is 6.54 Å². The Bertz CT molecular complexity index is 200. The van der Waals surface area contributed by atoms with Gasteiger partial charge in [-0.05, 0) is 40.7 Å². The Labute approximate surface area is 93.5 Å². The molecule has 0 unspecified atom stereocenters. The van der Waals surface area contributed by atoms with Gasteiger partial charge in [0.2, 0.25) is 0 Å². The van der Waals surface area contributed by atoms with E-state index in [9.17, 15) is 9.90 Å². The van der Waals surface area contributed by atoms with E-state index in [1.165, 1.54) is 12.8 Å². The van der Waals surface area contributed by atoms with Gasteiger partial charge in [0.05, 0.1) is 0 Å². The molecule has 0 rings (SSSR count). The lowest BCUT2D eigenvalue weighted by atomic mass is 10.00. The van der Waals surface area contributed by atoms with E-state index < -0.39 is 11.5 Å². The van der Waals surface area contributed by atoms with Gasteiger partial charge in [0.25, 0.3) is 0 Å². The van der Waals surface area contributed by atoms with E-state index in [2.05, 4.69) is 25.7 Å². The van der Waals surface area contributed by atoms with Crippen molar-refractivity contribution < 1.29 is 9.90 Å². The molecule has 0 aromatic carbocycles. The van der Waals surface area contributed by atoms with E-state index in [0.29, 0.717) is 0 Å². The third-order valence-corrected chi connectivity index (χ3v) is 2.87. The molecule has 15 heavy (non-hydrogen) atoms. The van der Waals surface area contributed by atoms with E-state index >= 15 is 0 Å². The van der Waals surface area contributed by atoms with Crippen LogP contribution in [0.25, 0.3) is 0 Å². The van der Waals surface area contributed by atoms with Crippen molar-refractivity contribution in [3.05, 3.63) is 0 Å². The average molecular weight is 215 g/mol. The molecule has 0 bridgehead atoms. The van der Waals surface area contributed by atoms with Crippen molar-refractivity contribution in [2.45, 2.75) is 65.5 Å². The highest BCUT2D eigenvalue weighted by Gasteiger charge is 2.35. The smallest absolute Gasteiger partial charge is 0.323 e. The van der Waals surface area contributed by atoms with Crippen molar-refractivity contribution in [3.8, 4) is 0 Å². The standard InChI is InChI=1S/C12H25NO2/c1-6-7-8-9-13(10(2)3)12(4,5)11(14)15/h10H,6-9H2,1-5H3,(H,14,15). The molecule has 0 aliphatic rings. The normalized spacial score (nSPS) is 12.5. The molecule has 90 valence electrons. The summed E-state index contributed by atoms with van der Waals surface area (Å²) < 4.78 is 0. The number of rotatable bonds is 7. The van der Waals surface area contributed by atoms with Crippen LogP contribution in [0.3, 0.4) is 0 Å². The molecule has 0 fully saturated rings. The highest BCUT2D eigenvalue weighted by Crippen LogP contribution is 2.19. The zero-order valence-corrected chi connectivity index (χ0v) is 10.7. The lowest BCUT2D eigenvalue weighted by Crippen LogP contribution is -2.53. The van der Waals surface area contributed by atoms with E-state index in [4.69, 9.17) is 0 Å². The first-order valence-electron chi connectivity index (χ1n) is 5.84. The Kier molecular flexibility index (Phi) is 5.88. The maximum absolute atomic E-state index is 11.2. The van der Waals surface area contributed by atoms with Crippen LogP contribution in [-0.4, -0.2) is 34.1 Å². The number of carbonyl (C=O) groups is 1. The van der Waals surface area contributed by atoms with Crippen molar-refractivity contribution in [1.82, 2.24) is 4.90 Å². The number of nitrogens with zero attached hydrogens (tertiary/aromatic N) is 1. The molecular formula is C12H25NO2. The van der Waals surface area contributed by atoms with E-state index in [1.807, 2.05) is 0 Å². The minimum absolute atomic E-state index is 0.271. The van der Waals surface area contributed by atoms with Gasteiger partial charge in [0.1, 0.15) is 5.54 Å². The zero-order chi connectivity index (χ0) is 12.1. The molecule has 3 heteroatoms. The van der Waals surface area contributed by atoms with Gasteiger partial charge in [0.15, 0.2) is 0 Å². The molecule has 0 amide bonds. The molecule has 3 nitrogen and oxygen atoms in total. The molecular weight excluding hydrogens is 190 g/mol. The third-order valence-electron chi connectivity index (χ3n) is 2.87. The summed E-state index contributed by atoms with van der Waals surface area (Å²) >= 11 is 0. The predicted octanol–water partition coefficient (Wildman–Crippen LogP) is 2.75. The summed E-state index contributed by atoms with van der Waals surface area (Å²) in [6, 6.07) is 0.271. The topological polar surface area (TPSA) is 40.5 Å². The third kappa shape index (κ3) is 4.20. The van der Waals surface area contributed by atoms with Crippen LogP contribution in [0.1, 0.15) is 53.9 Å². The van der Waals surface area contributed by atoms with Crippen LogP contribution in [0.4, 0.5) is 0 Å². The first-order chi connectivity index (χ1) is 6.84. The molecule has 0 radical (unpaired) electrons. The molecule has 0 spiro atoms. The minimum Gasteiger partial charge on any atom is -0.480 e. The van der Waals surface area contributed by atoms with Crippen molar-refractivity contribution in [1.29, 1.82) is 0 Å². The second-order valence-electron chi connectivity index (χ2n) is 4.86. The summed E-state index contributed by atoms with van der Waals surface area (Å²) in [4.78, 5) is 13.2. The van der Waals surface area contributed by atoms with Crippen LogP contribution in [0.15, 0.2) is 0 Å². The fourth-order valence-corrected chi connectivity index (χ4v) is 1.84. The lowest BCUT2D eigenvalue weighted by molar-refractivity contribution is -0.150. The zero-order valence-electron chi connectivity index (χ0n) is 10.7. The molecule has 0 heterocycles. The van der Waals surface area contributed by atoms with Crippen LogP contribution < -0.4 is 0 Å². The molecule has 0 aliphatic heterocycles. The molecule has 0 saturated heterocycles. The number of carboxylic acids is 1. The monoisotopic (exact) mass is 215 g/mol. The number of hydrogen-bond acceptors (Lipinski definition) is 2. The maximum atomic E-state index is 11.2. The molecule has 0 aromatic heterocycles. The molecule has 1 N–H and O–H groups in total. The van der Waals surface area contributed by atoms with Gasteiger partial charge < -0.3 is 5.11 Å². The van der Waals surface area contributed by atoms with Crippen LogP contribution >= 0.6 is 0 Å². The SMILES string of the molecule is CCCCCN(C(C)C)C(C)(C)C(=O)O. The Balaban J connectivity index is 4.45. The largest absolute Gasteiger partial charge is 0.480 e. The highest BCUT2D eigenvalue weighted by molar-refractivity contribution is 5.77. The van der Waals surface area contributed by atoms with Gasteiger partial charge >= 0.3 is 5.97 Å². The highest BCUT2D eigenvalue weighted by atomic mass is 16.4. The van der Waals surface area contributed by atoms with E-state index in [-0.39, 0.29) is 6.04 Å². The predicted molar refractivity (Wildman–Crippen MR) is 63.1 cm³/mol. The number of hydrogen-bond donors (Lipinski definition) is 1. The second-order valence-corrected chi connectivity index (χ2v) is 4.86. The number of carboxylic acid groups (broad SMARTS) is 1. The van der Waals surface area contributed by atoms with Crippen LogP contribution in [0.5, 0.6) is 0 Å². The lowest BCUT2D eigenvalue weighted by Gasteiger charge is -2.38. The second kappa shape index (κ2) is 6.11. The van der Waals surface area contributed by atoms with E-state index in [0.717, 1.165) is 13.0 Å². The van der Waals surface area contributed by atoms with Crippen molar-refractivity contribution in [2.24, 2.45) is 0 Å². The Morgan fingerprint density at radius 1 is 1.33 bits per heavy atom. The Morgan fingerprint density at radius 3 is 2.20 bits per heavy atom. The Hall–Kier alpha value is -0.570. The van der Waals surface area contributed by atoms with E-state index in [1.54, 1.807) is 13.8 Å². The van der Waals surface area contributed by atoms with Crippen molar-refractivity contribution in [3.63, 3.8) is 0 Å². The number of aliphatic carboxylic acids is 1. The van der Waals surface area contributed by atoms with Gasteiger partial charge in [0, 0.05) is 6.04 Å². The summed E-state index contributed by atoms with van der Waals surface area (Å²) in [5.41, 5.74) is -0.762. The van der Waals surface area contributed by atoms with Crippen LogP contribution in [0, 0.1) is 0 Å². The summed E-state index contributed by atoms with van der Waals surface area (Å²) in [7, 11) is 0. The summed E-state index contributed by atoms with van der Waals surface area (Å²) in [5.74, 6) is -0.743. The molecule has 0 aliphatic carbocycles. The first-order valence-corrected chi connectivity index (χ1v) is 5.84. The minimum atomic E-state index is -0.762. The summed E-state index contributed by atoms with van der Waals surface area (Å²) in [6.45, 7) is 10.7. The Morgan fingerprint density at radius 2 is 1.87 bits per heavy atom. The van der Waals surface area contributed by atoms with Gasteiger partial charge in [-0.15, -0.1) is 0 Å². The van der Waals surface area contributed by atoms with Gasteiger partial charge in [-0.25, -0.2) is 0 Å². The van der Waals surface area contributed by atoms with Crippen LogP contribution in [-0.2, 0) is 4.79 Å². The maximum Gasteiger partial charge on any atom is 0.323 e. The van der Waals surface area contributed by atoms with Gasteiger partial charge in [-0.1, -0.05) is 19.8 Å². The van der Waals surface area contributed by atoms with Crippen LogP contribution in [0.2, 0.25) is 0 Å².